The SMILES string of the molecule is [2H]c1cc(Oc2cccc(Oc3ccccn3)c2)cc2c1c1c([2H])cc(Oc3cccc(Oc4ccccn4)c3)cc1n2-c1ncncn1. The monoisotopic (exact) mass is 618 g/mol. The average Bonchev–Trinajstić information content (AvgIpc) is 3.45. The van der Waals surface area contributed by atoms with Crippen LogP contribution in [0.5, 0.6) is 46.3 Å². The lowest BCUT2D eigenvalue weighted by atomic mass is 10.1. The smallest absolute Gasteiger partial charge is 0.237 e. The molecule has 4 aromatic carbocycles. The topological polar surface area (TPSA) is 106 Å². The van der Waals surface area contributed by atoms with Crippen LogP contribution < -0.4 is 18.9 Å². The third-order valence-corrected chi connectivity index (χ3v) is 7.00. The number of rotatable bonds is 9. The number of ether oxygens (including phenoxy) is 4. The van der Waals surface area contributed by atoms with Gasteiger partial charge in [0, 0.05) is 59.6 Å². The van der Waals surface area contributed by atoms with Crippen LogP contribution in [-0.4, -0.2) is 29.5 Å². The van der Waals surface area contributed by atoms with Crippen molar-refractivity contribution in [3.63, 3.8) is 0 Å². The van der Waals surface area contributed by atoms with E-state index in [2.05, 4.69) is 24.9 Å². The zero-order chi connectivity index (χ0) is 33.2. The van der Waals surface area contributed by atoms with Crippen LogP contribution in [0.2, 0.25) is 0 Å². The van der Waals surface area contributed by atoms with Crippen molar-refractivity contribution >= 4 is 21.8 Å². The maximum absolute atomic E-state index is 9.05. The fourth-order valence-corrected chi connectivity index (χ4v) is 5.03. The van der Waals surface area contributed by atoms with Crippen molar-refractivity contribution in [1.29, 1.82) is 0 Å². The summed E-state index contributed by atoms with van der Waals surface area (Å²) in [6.07, 6.45) is 6.09. The zero-order valence-corrected chi connectivity index (χ0v) is 24.5. The lowest BCUT2D eigenvalue weighted by molar-refractivity contribution is 0.448. The first kappa shape index (κ1) is 25.5. The van der Waals surface area contributed by atoms with Gasteiger partial charge in [-0.3, -0.25) is 4.57 Å². The van der Waals surface area contributed by atoms with Crippen molar-refractivity contribution in [3.05, 3.63) is 146 Å². The number of aromatic nitrogens is 6. The predicted molar refractivity (Wildman–Crippen MR) is 176 cm³/mol. The summed E-state index contributed by atoms with van der Waals surface area (Å²) in [6.45, 7) is 0. The van der Waals surface area contributed by atoms with Crippen LogP contribution in [0.4, 0.5) is 0 Å². The molecule has 4 heterocycles. The molecule has 0 aliphatic carbocycles. The highest BCUT2D eigenvalue weighted by molar-refractivity contribution is 6.09. The summed E-state index contributed by atoms with van der Waals surface area (Å²) in [4.78, 5) is 21.2. The van der Waals surface area contributed by atoms with E-state index in [4.69, 9.17) is 21.7 Å². The molecule has 47 heavy (non-hydrogen) atoms. The Bertz CT molecular complexity index is 2280. The standard InChI is InChI=1S/C37H24N6O4/c1-3-17-39-35(11-1)46-27-9-5-7-25(19-27)44-29-13-15-31-32-16-14-30(22-34(32)43(33(31)21-29)37-41-23-38-24-42-37)45-26-8-6-10-28(20-26)47-36-12-2-4-18-40-36/h1-24H/i15D,16D. The van der Waals surface area contributed by atoms with Gasteiger partial charge in [0.25, 0.3) is 0 Å². The fraction of sp³-hybridized carbons (Fsp3) is 0. The Hall–Kier alpha value is -6.81. The summed E-state index contributed by atoms with van der Waals surface area (Å²) in [5, 5.41) is 1.08. The second kappa shape index (κ2) is 12.3. The van der Waals surface area contributed by atoms with E-state index in [0.29, 0.717) is 74.0 Å². The van der Waals surface area contributed by atoms with Crippen molar-refractivity contribution in [2.24, 2.45) is 0 Å². The first-order chi connectivity index (χ1) is 24.1. The summed E-state index contributed by atoms with van der Waals surface area (Å²) >= 11 is 0. The maximum Gasteiger partial charge on any atom is 0.237 e. The van der Waals surface area contributed by atoms with Gasteiger partial charge in [0.1, 0.15) is 47.2 Å². The summed E-state index contributed by atoms with van der Waals surface area (Å²) < 4.78 is 44.1. The van der Waals surface area contributed by atoms with Crippen molar-refractivity contribution < 1.29 is 21.7 Å². The Labute approximate surface area is 271 Å². The molecule has 8 rings (SSSR count). The molecule has 10 nitrogen and oxygen atoms in total. The van der Waals surface area contributed by atoms with E-state index in [0.717, 1.165) is 0 Å². The van der Waals surface area contributed by atoms with Gasteiger partial charge in [-0.25, -0.2) is 24.9 Å². The molecule has 4 aromatic heterocycles. The van der Waals surface area contributed by atoms with Crippen molar-refractivity contribution in [1.82, 2.24) is 29.5 Å². The molecule has 0 bridgehead atoms. The molecule has 0 saturated heterocycles. The van der Waals surface area contributed by atoms with Gasteiger partial charge in [-0.05, 0) is 60.6 Å². The average molecular weight is 619 g/mol. The molecule has 0 radical (unpaired) electrons. The van der Waals surface area contributed by atoms with E-state index in [-0.39, 0.29) is 12.1 Å². The van der Waals surface area contributed by atoms with Gasteiger partial charge < -0.3 is 18.9 Å². The highest BCUT2D eigenvalue weighted by Gasteiger charge is 2.17. The second-order valence-corrected chi connectivity index (χ2v) is 10.2. The summed E-state index contributed by atoms with van der Waals surface area (Å²) in [6, 6.07) is 32.3. The summed E-state index contributed by atoms with van der Waals surface area (Å²) in [5.41, 5.74) is 1.14. The Morgan fingerprint density at radius 3 is 1.40 bits per heavy atom. The van der Waals surface area contributed by atoms with E-state index in [9.17, 15) is 0 Å². The Kier molecular flexibility index (Phi) is 6.67. The van der Waals surface area contributed by atoms with Crippen LogP contribution in [0.3, 0.4) is 0 Å². The van der Waals surface area contributed by atoms with Crippen molar-refractivity contribution in [3.8, 4) is 52.2 Å². The van der Waals surface area contributed by atoms with E-state index >= 15 is 0 Å². The van der Waals surface area contributed by atoms with Gasteiger partial charge in [0.15, 0.2) is 0 Å². The van der Waals surface area contributed by atoms with Gasteiger partial charge in [-0.1, -0.05) is 24.3 Å². The van der Waals surface area contributed by atoms with Gasteiger partial charge in [0.05, 0.1) is 13.8 Å². The largest absolute Gasteiger partial charge is 0.457 e. The van der Waals surface area contributed by atoms with E-state index < -0.39 is 0 Å². The Balaban J connectivity index is 1.18. The van der Waals surface area contributed by atoms with Crippen LogP contribution in [0.1, 0.15) is 2.74 Å². The summed E-state index contributed by atoms with van der Waals surface area (Å²) in [7, 11) is 0. The van der Waals surface area contributed by atoms with Crippen LogP contribution in [0.25, 0.3) is 27.8 Å². The van der Waals surface area contributed by atoms with Gasteiger partial charge >= 0.3 is 0 Å². The number of pyridine rings is 2. The van der Waals surface area contributed by atoms with Crippen LogP contribution in [0, 0.1) is 0 Å². The first-order valence-electron chi connectivity index (χ1n) is 15.5. The number of fused-ring (bicyclic) bond motifs is 3. The predicted octanol–water partition coefficient (Wildman–Crippen LogP) is 8.93. The van der Waals surface area contributed by atoms with Crippen LogP contribution in [-0.2, 0) is 0 Å². The zero-order valence-electron chi connectivity index (χ0n) is 26.5. The van der Waals surface area contributed by atoms with E-state index in [1.54, 1.807) is 89.8 Å². The maximum atomic E-state index is 9.05. The molecule has 226 valence electrons. The molecule has 0 aliphatic rings. The molecule has 10 heteroatoms. The number of hydrogen-bond donors (Lipinski definition) is 0. The normalized spacial score (nSPS) is 11.6. The van der Waals surface area contributed by atoms with Crippen molar-refractivity contribution in [2.75, 3.05) is 0 Å². The minimum atomic E-state index is 0.160. The molecule has 0 spiro atoms. The Morgan fingerprint density at radius 2 is 0.936 bits per heavy atom. The molecular formula is C37H24N6O4. The number of nitrogens with zero attached hydrogens (tertiary/aromatic N) is 6. The van der Waals surface area contributed by atoms with Gasteiger partial charge in [-0.2, -0.15) is 0 Å². The number of benzene rings is 4. The van der Waals surface area contributed by atoms with Gasteiger partial charge in [0.2, 0.25) is 17.7 Å². The fourth-order valence-electron chi connectivity index (χ4n) is 5.03. The lowest BCUT2D eigenvalue weighted by Gasteiger charge is -2.10. The molecule has 0 aliphatic heterocycles. The third kappa shape index (κ3) is 5.98. The lowest BCUT2D eigenvalue weighted by Crippen LogP contribution is -2.01. The van der Waals surface area contributed by atoms with Crippen LogP contribution >= 0.6 is 0 Å². The Morgan fingerprint density at radius 1 is 0.468 bits per heavy atom. The third-order valence-electron chi connectivity index (χ3n) is 7.00. The highest BCUT2D eigenvalue weighted by atomic mass is 16.5. The minimum absolute atomic E-state index is 0.160. The van der Waals surface area contributed by atoms with Crippen LogP contribution in [0.15, 0.2) is 146 Å². The molecule has 8 aromatic rings. The first-order valence-corrected chi connectivity index (χ1v) is 14.5. The molecule has 0 unspecified atom stereocenters. The minimum Gasteiger partial charge on any atom is -0.457 e. The molecule has 0 amide bonds. The quantitative estimate of drug-likeness (QED) is 0.157. The molecule has 0 atom stereocenters. The molecular weight excluding hydrogens is 592 g/mol. The van der Waals surface area contributed by atoms with E-state index in [1.165, 1.54) is 12.7 Å². The highest BCUT2D eigenvalue weighted by Crippen LogP contribution is 2.38. The molecule has 0 N–H and O–H groups in total. The molecule has 0 fully saturated rings. The summed E-state index contributed by atoms with van der Waals surface area (Å²) in [5.74, 6) is 4.11. The number of hydrogen-bond acceptors (Lipinski definition) is 9. The van der Waals surface area contributed by atoms with E-state index in [1.807, 2.05) is 36.4 Å². The van der Waals surface area contributed by atoms with Gasteiger partial charge in [-0.15, -0.1) is 0 Å². The second-order valence-electron chi connectivity index (χ2n) is 10.2. The van der Waals surface area contributed by atoms with Crippen molar-refractivity contribution in [2.45, 2.75) is 0 Å². The molecule has 0 saturated carbocycles.